The van der Waals surface area contributed by atoms with E-state index in [1.165, 1.54) is 0 Å². The number of hydrogen-bond acceptors (Lipinski definition) is 15. The molecule has 0 aliphatic carbocycles. The van der Waals surface area contributed by atoms with Crippen LogP contribution in [0.4, 0.5) is 0 Å². The Morgan fingerprint density at radius 3 is 1.06 bits per heavy atom. The first-order valence-corrected chi connectivity index (χ1v) is 19.9. The first kappa shape index (κ1) is 30.6. The van der Waals surface area contributed by atoms with Crippen molar-refractivity contribution in [1.29, 1.82) is 0 Å². The molecule has 5 aliphatic heterocycles. The summed E-state index contributed by atoms with van der Waals surface area (Å²) in [5, 5.41) is 1.99. The molecule has 0 aromatic carbocycles. The zero-order chi connectivity index (χ0) is 32.4. The molecule has 5 aliphatic rings. The van der Waals surface area contributed by atoms with E-state index < -0.39 is 0 Å². The maximum Gasteiger partial charge on any atom is 0.181 e. The van der Waals surface area contributed by atoms with Crippen molar-refractivity contribution in [1.82, 2.24) is 0 Å². The molecule has 5 aromatic rings. The summed E-state index contributed by atoms with van der Waals surface area (Å²) >= 11 is 8.06. The summed E-state index contributed by atoms with van der Waals surface area (Å²) < 4.78 is 61.9. The third-order valence-electron chi connectivity index (χ3n) is 7.89. The standard InChI is InChI=1S/C31H24O10S5.C2H6/c1-13-15-17(35-5-4-33-15)26(43-13)27-20-21(39-9-8-38-20)30(45-27)31-23-22(40-10-11-41-23)29(46-31)28-19-18(36-6-7-37-19)25(44-28)24-16-14(12-42-24)32-2-3-34-16;1-2/h12H,2-11H2,1H3;1-2H3. The van der Waals surface area contributed by atoms with E-state index in [0.29, 0.717) is 89.1 Å². The van der Waals surface area contributed by atoms with Crippen LogP contribution in [0.5, 0.6) is 57.5 Å². The molecule has 15 heteroatoms. The van der Waals surface area contributed by atoms with E-state index in [9.17, 15) is 0 Å². The van der Waals surface area contributed by atoms with Crippen molar-refractivity contribution in [3.05, 3.63) is 10.3 Å². The molecule has 10 nitrogen and oxygen atoms in total. The minimum Gasteiger partial charge on any atom is -0.485 e. The fraction of sp³-hybridized carbons (Fsp3) is 0.394. The lowest BCUT2D eigenvalue weighted by Crippen LogP contribution is -2.16. The molecule has 0 saturated heterocycles. The molecule has 252 valence electrons. The Bertz CT molecular complexity index is 2010. The van der Waals surface area contributed by atoms with Gasteiger partial charge < -0.3 is 47.4 Å². The normalized spacial score (nSPS) is 16.6. The van der Waals surface area contributed by atoms with Gasteiger partial charge in [-0.05, 0) is 6.92 Å². The van der Waals surface area contributed by atoms with Crippen LogP contribution >= 0.6 is 56.7 Å². The van der Waals surface area contributed by atoms with E-state index in [1.54, 1.807) is 56.7 Å². The smallest absolute Gasteiger partial charge is 0.181 e. The van der Waals surface area contributed by atoms with Crippen molar-refractivity contribution in [2.45, 2.75) is 20.8 Å². The van der Waals surface area contributed by atoms with Gasteiger partial charge in [-0.15, -0.1) is 56.7 Å². The number of thiophene rings is 5. The van der Waals surface area contributed by atoms with Crippen molar-refractivity contribution >= 4 is 56.7 Å². The maximum atomic E-state index is 6.36. The van der Waals surface area contributed by atoms with Crippen LogP contribution in [-0.4, -0.2) is 66.1 Å². The van der Waals surface area contributed by atoms with Crippen molar-refractivity contribution in [2.24, 2.45) is 0 Å². The summed E-state index contributed by atoms with van der Waals surface area (Å²) in [4.78, 5) is 8.65. The van der Waals surface area contributed by atoms with Crippen LogP contribution in [0.15, 0.2) is 5.38 Å². The summed E-state index contributed by atoms with van der Waals surface area (Å²) in [6.45, 7) is 10.9. The Hall–Kier alpha value is -3.50. The van der Waals surface area contributed by atoms with Gasteiger partial charge in [-0.25, -0.2) is 0 Å². The van der Waals surface area contributed by atoms with E-state index in [2.05, 4.69) is 6.92 Å². The monoisotopic (exact) mass is 746 g/mol. The van der Waals surface area contributed by atoms with Gasteiger partial charge in [-0.3, -0.25) is 0 Å². The summed E-state index contributed by atoms with van der Waals surface area (Å²) in [6, 6.07) is 0. The highest BCUT2D eigenvalue weighted by atomic mass is 32.1. The second kappa shape index (κ2) is 12.4. The van der Waals surface area contributed by atoms with Crippen LogP contribution in [0.1, 0.15) is 18.7 Å². The topological polar surface area (TPSA) is 92.3 Å². The van der Waals surface area contributed by atoms with Crippen molar-refractivity contribution in [2.75, 3.05) is 66.1 Å². The van der Waals surface area contributed by atoms with Gasteiger partial charge in [-0.1, -0.05) is 13.8 Å². The zero-order valence-electron chi connectivity index (χ0n) is 26.3. The van der Waals surface area contributed by atoms with Crippen LogP contribution in [0.3, 0.4) is 0 Å². The second-order valence-corrected chi connectivity index (χ2v) is 15.8. The largest absolute Gasteiger partial charge is 0.485 e. The minimum absolute atomic E-state index is 0.447. The van der Waals surface area contributed by atoms with Gasteiger partial charge >= 0.3 is 0 Å². The molecular weight excluding hydrogens is 717 g/mol. The Kier molecular flexibility index (Phi) is 7.91. The number of fused-ring (bicyclic) bond motifs is 5. The molecule has 0 amide bonds. The molecule has 0 N–H and O–H groups in total. The number of ether oxygens (including phenoxy) is 10. The second-order valence-electron chi connectivity index (χ2n) is 10.6. The Morgan fingerprint density at radius 1 is 0.354 bits per heavy atom. The summed E-state index contributed by atoms with van der Waals surface area (Å²) in [5.74, 6) is 7.36. The molecule has 0 saturated carbocycles. The third kappa shape index (κ3) is 4.72. The predicted octanol–water partition coefficient (Wildman–Crippen LogP) is 8.85. The van der Waals surface area contributed by atoms with Crippen molar-refractivity contribution < 1.29 is 47.4 Å². The van der Waals surface area contributed by atoms with Gasteiger partial charge in [0.15, 0.2) is 57.5 Å². The average Bonchev–Trinajstić information content (AvgIpc) is 3.97. The van der Waals surface area contributed by atoms with Crippen molar-refractivity contribution in [3.63, 3.8) is 0 Å². The Balaban J connectivity index is 0.00000154. The van der Waals surface area contributed by atoms with Crippen LogP contribution in [0.25, 0.3) is 39.0 Å². The van der Waals surface area contributed by atoms with E-state index in [0.717, 1.165) is 78.4 Å². The highest BCUT2D eigenvalue weighted by Crippen LogP contribution is 2.66. The Labute approximate surface area is 296 Å². The van der Waals surface area contributed by atoms with Crippen LogP contribution in [0.2, 0.25) is 0 Å². The lowest BCUT2D eigenvalue weighted by Gasteiger charge is -2.19. The van der Waals surface area contributed by atoms with E-state index >= 15 is 0 Å². The predicted molar refractivity (Wildman–Crippen MR) is 189 cm³/mol. The maximum absolute atomic E-state index is 6.36. The van der Waals surface area contributed by atoms with Gasteiger partial charge in [0.2, 0.25) is 0 Å². The SMILES string of the molecule is CC.Cc1sc(-c2sc(-c3sc(-c4sc(-c5scc6c5OCCO6)c5c4OCCO5)c4c3OCCO4)c3c2OCCO3)c2c1OCCO2. The molecule has 0 atom stereocenters. The van der Waals surface area contributed by atoms with E-state index in [-0.39, 0.29) is 0 Å². The molecule has 0 unspecified atom stereocenters. The molecule has 10 rings (SSSR count). The fourth-order valence-electron chi connectivity index (χ4n) is 6.01. The molecule has 0 bridgehead atoms. The molecule has 0 fully saturated rings. The minimum atomic E-state index is 0.447. The first-order chi connectivity index (χ1) is 23.7. The molecule has 10 heterocycles. The molecule has 5 aromatic heterocycles. The molecule has 0 radical (unpaired) electrons. The number of aryl methyl sites for hydroxylation is 1. The van der Waals surface area contributed by atoms with Gasteiger partial charge in [0.1, 0.15) is 66.1 Å². The summed E-state index contributed by atoms with van der Waals surface area (Å²) in [6.07, 6.45) is 0. The van der Waals surface area contributed by atoms with Crippen LogP contribution in [-0.2, 0) is 0 Å². The quantitative estimate of drug-likeness (QED) is 0.178. The molecule has 0 spiro atoms. The van der Waals surface area contributed by atoms with Gasteiger partial charge in [0.05, 0.1) is 39.0 Å². The first-order valence-electron chi connectivity index (χ1n) is 15.8. The lowest BCUT2D eigenvalue weighted by atomic mass is 10.2. The Morgan fingerprint density at radius 2 is 0.646 bits per heavy atom. The number of rotatable bonds is 4. The number of hydrogen-bond donors (Lipinski definition) is 0. The van der Waals surface area contributed by atoms with Crippen LogP contribution in [0, 0.1) is 6.92 Å². The fourth-order valence-corrected chi connectivity index (χ4v) is 12.1. The lowest BCUT2D eigenvalue weighted by molar-refractivity contribution is 0.170. The van der Waals surface area contributed by atoms with Gasteiger partial charge in [-0.2, -0.15) is 0 Å². The van der Waals surface area contributed by atoms with E-state index in [1.807, 2.05) is 19.2 Å². The molecular formula is C33H30O10S5. The average molecular weight is 747 g/mol. The summed E-state index contributed by atoms with van der Waals surface area (Å²) in [5.41, 5.74) is 0. The highest BCUT2D eigenvalue weighted by molar-refractivity contribution is 7.31. The highest BCUT2D eigenvalue weighted by Gasteiger charge is 2.38. The van der Waals surface area contributed by atoms with Crippen molar-refractivity contribution in [3.8, 4) is 96.5 Å². The third-order valence-corrected chi connectivity index (χ3v) is 14.0. The molecule has 48 heavy (non-hydrogen) atoms. The van der Waals surface area contributed by atoms with Crippen LogP contribution < -0.4 is 47.4 Å². The van der Waals surface area contributed by atoms with E-state index in [4.69, 9.17) is 47.4 Å². The van der Waals surface area contributed by atoms with Gasteiger partial charge in [0, 0.05) is 10.3 Å². The van der Waals surface area contributed by atoms with Gasteiger partial charge in [0.25, 0.3) is 0 Å². The summed E-state index contributed by atoms with van der Waals surface area (Å²) in [7, 11) is 0. The zero-order valence-corrected chi connectivity index (χ0v) is 30.4.